The molecule has 0 aromatic heterocycles. The van der Waals surface area contributed by atoms with Crippen LogP contribution >= 0.6 is 11.6 Å². The lowest BCUT2D eigenvalue weighted by molar-refractivity contribution is 0.0787. The van der Waals surface area contributed by atoms with Gasteiger partial charge in [0.2, 0.25) is 0 Å². The van der Waals surface area contributed by atoms with Crippen LogP contribution in [0.15, 0.2) is 18.2 Å². The molecular formula is C14H19ClN2O. The molecule has 1 aromatic rings. The number of aryl methyl sites for hydroxylation is 1. The zero-order valence-electron chi connectivity index (χ0n) is 10.9. The van der Waals surface area contributed by atoms with Crippen LogP contribution in [-0.2, 0) is 0 Å². The van der Waals surface area contributed by atoms with Crippen LogP contribution in [0.1, 0.15) is 22.3 Å². The van der Waals surface area contributed by atoms with Gasteiger partial charge >= 0.3 is 0 Å². The smallest absolute Gasteiger partial charge is 0.253 e. The molecule has 1 saturated heterocycles. The van der Waals surface area contributed by atoms with Crippen LogP contribution in [0.2, 0.25) is 5.02 Å². The van der Waals surface area contributed by atoms with Crippen molar-refractivity contribution in [1.82, 2.24) is 10.2 Å². The number of benzene rings is 1. The third kappa shape index (κ3) is 2.85. The lowest BCUT2D eigenvalue weighted by atomic mass is 10.1. The molecule has 1 N–H and O–H groups in total. The first-order chi connectivity index (χ1) is 8.61. The fourth-order valence-corrected chi connectivity index (χ4v) is 2.56. The monoisotopic (exact) mass is 266 g/mol. The molecule has 0 bridgehead atoms. The third-order valence-electron chi connectivity index (χ3n) is 3.48. The summed E-state index contributed by atoms with van der Waals surface area (Å²) in [5.41, 5.74) is 1.69. The highest BCUT2D eigenvalue weighted by molar-refractivity contribution is 6.31. The van der Waals surface area contributed by atoms with Crippen LogP contribution in [-0.4, -0.2) is 37.5 Å². The number of likely N-dealkylation sites (tertiary alicyclic amines) is 1. The Labute approximate surface area is 113 Å². The van der Waals surface area contributed by atoms with Gasteiger partial charge in [0.05, 0.1) is 0 Å². The molecule has 0 unspecified atom stereocenters. The van der Waals surface area contributed by atoms with Crippen LogP contribution in [0, 0.1) is 12.8 Å². The molecule has 1 aliphatic heterocycles. The first-order valence-electron chi connectivity index (χ1n) is 6.32. The highest BCUT2D eigenvalue weighted by Gasteiger charge is 2.26. The number of halogens is 1. The number of rotatable bonds is 3. The van der Waals surface area contributed by atoms with Gasteiger partial charge in [0, 0.05) is 23.7 Å². The lowest BCUT2D eigenvalue weighted by Crippen LogP contribution is -2.30. The van der Waals surface area contributed by atoms with Gasteiger partial charge < -0.3 is 10.2 Å². The topological polar surface area (TPSA) is 32.3 Å². The Hall–Kier alpha value is -1.06. The number of amides is 1. The van der Waals surface area contributed by atoms with E-state index in [1.807, 2.05) is 31.0 Å². The fraction of sp³-hybridized carbons (Fsp3) is 0.500. The maximum absolute atomic E-state index is 12.3. The van der Waals surface area contributed by atoms with Crippen LogP contribution < -0.4 is 5.32 Å². The number of hydrogen-bond acceptors (Lipinski definition) is 2. The molecule has 1 aromatic carbocycles. The lowest BCUT2D eigenvalue weighted by Gasteiger charge is -2.17. The molecule has 1 aliphatic rings. The van der Waals surface area contributed by atoms with Gasteiger partial charge in [0.25, 0.3) is 5.91 Å². The molecule has 3 nitrogen and oxygen atoms in total. The van der Waals surface area contributed by atoms with Gasteiger partial charge in [0.1, 0.15) is 0 Å². The van der Waals surface area contributed by atoms with E-state index < -0.39 is 0 Å². The first-order valence-corrected chi connectivity index (χ1v) is 6.69. The second-order valence-electron chi connectivity index (χ2n) is 4.93. The molecule has 0 spiro atoms. The first kappa shape index (κ1) is 13.4. The number of carbonyl (C=O) groups excluding carboxylic acids is 1. The van der Waals surface area contributed by atoms with Gasteiger partial charge in [-0.1, -0.05) is 17.7 Å². The number of nitrogens with zero attached hydrogens (tertiary/aromatic N) is 1. The van der Waals surface area contributed by atoms with Gasteiger partial charge in [-0.25, -0.2) is 0 Å². The van der Waals surface area contributed by atoms with E-state index in [-0.39, 0.29) is 5.91 Å². The molecule has 1 fully saturated rings. The molecule has 0 saturated carbocycles. The normalized spacial score (nSPS) is 19.3. The van der Waals surface area contributed by atoms with Crippen LogP contribution in [0.5, 0.6) is 0 Å². The Bertz CT molecular complexity index is 447. The minimum atomic E-state index is 0.0931. The van der Waals surface area contributed by atoms with Gasteiger partial charge in [0.15, 0.2) is 0 Å². The van der Waals surface area contributed by atoms with Crippen molar-refractivity contribution in [2.75, 3.05) is 26.7 Å². The summed E-state index contributed by atoms with van der Waals surface area (Å²) in [6.07, 6.45) is 1.08. The molecule has 1 heterocycles. The Kier molecular flexibility index (Phi) is 4.25. The van der Waals surface area contributed by atoms with E-state index in [0.29, 0.717) is 16.5 Å². The average Bonchev–Trinajstić information content (AvgIpc) is 2.81. The van der Waals surface area contributed by atoms with Crippen molar-refractivity contribution in [2.45, 2.75) is 13.3 Å². The van der Waals surface area contributed by atoms with E-state index in [0.717, 1.165) is 31.6 Å². The summed E-state index contributed by atoms with van der Waals surface area (Å²) in [7, 11) is 1.95. The molecule has 4 heteroatoms. The molecule has 0 radical (unpaired) electrons. The predicted octanol–water partition coefficient (Wildman–Crippen LogP) is 2.33. The maximum atomic E-state index is 12.3. The predicted molar refractivity (Wildman–Crippen MR) is 74.1 cm³/mol. The van der Waals surface area contributed by atoms with Crippen molar-refractivity contribution in [1.29, 1.82) is 0 Å². The van der Waals surface area contributed by atoms with E-state index in [1.165, 1.54) is 0 Å². The van der Waals surface area contributed by atoms with Crippen molar-refractivity contribution < 1.29 is 4.79 Å². The second kappa shape index (κ2) is 5.72. The number of hydrogen-bond donors (Lipinski definition) is 1. The van der Waals surface area contributed by atoms with E-state index in [1.54, 1.807) is 6.07 Å². The highest BCUT2D eigenvalue weighted by Crippen LogP contribution is 2.21. The Morgan fingerprint density at radius 1 is 1.56 bits per heavy atom. The van der Waals surface area contributed by atoms with E-state index in [9.17, 15) is 4.79 Å². The summed E-state index contributed by atoms with van der Waals surface area (Å²) in [4.78, 5) is 14.2. The summed E-state index contributed by atoms with van der Waals surface area (Å²) in [6, 6.07) is 5.52. The van der Waals surface area contributed by atoms with Crippen molar-refractivity contribution in [3.05, 3.63) is 34.3 Å². The maximum Gasteiger partial charge on any atom is 0.253 e. The van der Waals surface area contributed by atoms with Crippen LogP contribution in [0.4, 0.5) is 0 Å². The van der Waals surface area contributed by atoms with Crippen molar-refractivity contribution >= 4 is 17.5 Å². The molecule has 2 rings (SSSR count). The Morgan fingerprint density at radius 3 is 3.00 bits per heavy atom. The molecule has 0 aliphatic carbocycles. The van der Waals surface area contributed by atoms with Crippen molar-refractivity contribution in [2.24, 2.45) is 5.92 Å². The second-order valence-corrected chi connectivity index (χ2v) is 5.33. The minimum absolute atomic E-state index is 0.0931. The average molecular weight is 267 g/mol. The van der Waals surface area contributed by atoms with E-state index in [2.05, 4.69) is 5.32 Å². The van der Waals surface area contributed by atoms with Crippen LogP contribution in [0.25, 0.3) is 0 Å². The minimum Gasteiger partial charge on any atom is -0.338 e. The zero-order chi connectivity index (χ0) is 13.1. The fourth-order valence-electron chi connectivity index (χ4n) is 2.38. The number of nitrogens with one attached hydrogen (secondary N) is 1. The molecule has 1 atom stereocenters. The largest absolute Gasteiger partial charge is 0.338 e. The van der Waals surface area contributed by atoms with Gasteiger partial charge in [-0.2, -0.15) is 0 Å². The standard InChI is InChI=1S/C14H19ClN2O/c1-10-3-4-12(7-13(10)15)14(18)17-6-5-11(9-17)8-16-2/h3-4,7,11,16H,5-6,8-9H2,1-2H3/t11-/m1/s1. The van der Waals surface area contributed by atoms with E-state index in [4.69, 9.17) is 11.6 Å². The summed E-state index contributed by atoms with van der Waals surface area (Å²) in [5.74, 6) is 0.662. The number of carbonyl (C=O) groups is 1. The van der Waals surface area contributed by atoms with Crippen molar-refractivity contribution in [3.8, 4) is 0 Å². The Balaban J connectivity index is 2.05. The Morgan fingerprint density at radius 2 is 2.33 bits per heavy atom. The summed E-state index contributed by atoms with van der Waals surface area (Å²) in [6.45, 7) is 4.59. The quantitative estimate of drug-likeness (QED) is 0.911. The molecular weight excluding hydrogens is 248 g/mol. The summed E-state index contributed by atoms with van der Waals surface area (Å²) >= 11 is 6.06. The van der Waals surface area contributed by atoms with Gasteiger partial charge in [-0.15, -0.1) is 0 Å². The summed E-state index contributed by atoms with van der Waals surface area (Å²) < 4.78 is 0. The summed E-state index contributed by atoms with van der Waals surface area (Å²) in [5, 5.41) is 3.83. The SMILES string of the molecule is CNC[C@H]1CCN(C(=O)c2ccc(C)c(Cl)c2)C1. The van der Waals surface area contributed by atoms with Gasteiger partial charge in [-0.05, 0) is 50.6 Å². The van der Waals surface area contributed by atoms with E-state index >= 15 is 0 Å². The molecule has 18 heavy (non-hydrogen) atoms. The molecule has 98 valence electrons. The zero-order valence-corrected chi connectivity index (χ0v) is 11.6. The van der Waals surface area contributed by atoms with Crippen molar-refractivity contribution in [3.63, 3.8) is 0 Å². The molecule has 1 amide bonds. The van der Waals surface area contributed by atoms with Gasteiger partial charge in [-0.3, -0.25) is 4.79 Å². The third-order valence-corrected chi connectivity index (χ3v) is 3.89. The highest BCUT2D eigenvalue weighted by atomic mass is 35.5. The van der Waals surface area contributed by atoms with Crippen LogP contribution in [0.3, 0.4) is 0 Å².